The summed E-state index contributed by atoms with van der Waals surface area (Å²) in [7, 11) is 5.03. The van der Waals surface area contributed by atoms with Crippen LogP contribution in [-0.2, 0) is 11.8 Å². The van der Waals surface area contributed by atoms with Crippen LogP contribution in [0.5, 0.6) is 11.5 Å². The van der Waals surface area contributed by atoms with Gasteiger partial charge in [0.05, 0.1) is 19.5 Å². The van der Waals surface area contributed by atoms with Crippen molar-refractivity contribution in [3.8, 4) is 22.9 Å². The van der Waals surface area contributed by atoms with Gasteiger partial charge in [0.15, 0.2) is 22.5 Å². The standard InChI is InChI=1S/C21H24N4O3S/c1-13-8-6-7-9-16(13)19-23-24-21(25(19)3)29-14(2)20(26)22-15-10-11-17(27-4)18(12-15)28-5/h6-12,14H,1-5H3,(H,22,26). The number of methoxy groups -OCH3 is 2. The van der Waals surface area contributed by atoms with Gasteiger partial charge in [0.25, 0.3) is 0 Å². The van der Waals surface area contributed by atoms with Crippen molar-refractivity contribution in [1.29, 1.82) is 0 Å². The first-order valence-corrected chi connectivity index (χ1v) is 9.97. The topological polar surface area (TPSA) is 78.3 Å². The zero-order valence-corrected chi connectivity index (χ0v) is 17.9. The van der Waals surface area contributed by atoms with Crippen LogP contribution in [0.15, 0.2) is 47.6 Å². The molecule has 0 bridgehead atoms. The van der Waals surface area contributed by atoms with Crippen molar-refractivity contribution in [2.24, 2.45) is 7.05 Å². The highest BCUT2D eigenvalue weighted by Gasteiger charge is 2.20. The molecule has 0 aliphatic carbocycles. The van der Waals surface area contributed by atoms with Crippen LogP contribution in [-0.4, -0.2) is 40.1 Å². The SMILES string of the molecule is COc1ccc(NC(=O)C(C)Sc2nnc(-c3ccccc3C)n2C)cc1OC. The van der Waals surface area contributed by atoms with E-state index in [0.717, 1.165) is 17.0 Å². The van der Waals surface area contributed by atoms with Gasteiger partial charge in [-0.2, -0.15) is 0 Å². The summed E-state index contributed by atoms with van der Waals surface area (Å²) >= 11 is 1.36. The van der Waals surface area contributed by atoms with Crippen molar-refractivity contribution < 1.29 is 14.3 Å². The van der Waals surface area contributed by atoms with Crippen LogP contribution in [0, 0.1) is 6.92 Å². The molecule has 0 radical (unpaired) electrons. The normalized spacial score (nSPS) is 11.8. The predicted octanol–water partition coefficient (Wildman–Crippen LogP) is 3.93. The Morgan fingerprint density at radius 2 is 1.83 bits per heavy atom. The molecule has 0 spiro atoms. The highest BCUT2D eigenvalue weighted by molar-refractivity contribution is 8.00. The Bertz CT molecular complexity index is 1020. The number of carbonyl (C=O) groups excluding carboxylic acids is 1. The molecule has 0 fully saturated rings. The molecule has 3 aromatic rings. The van der Waals surface area contributed by atoms with Crippen molar-refractivity contribution in [1.82, 2.24) is 14.8 Å². The average Bonchev–Trinajstić information content (AvgIpc) is 3.08. The monoisotopic (exact) mass is 412 g/mol. The van der Waals surface area contributed by atoms with Gasteiger partial charge in [0.1, 0.15) is 0 Å². The average molecular weight is 413 g/mol. The largest absolute Gasteiger partial charge is 0.493 e. The van der Waals surface area contributed by atoms with E-state index in [9.17, 15) is 4.79 Å². The number of aromatic nitrogens is 3. The summed E-state index contributed by atoms with van der Waals surface area (Å²) in [4.78, 5) is 12.7. The van der Waals surface area contributed by atoms with Gasteiger partial charge < -0.3 is 19.4 Å². The number of ether oxygens (including phenoxy) is 2. The molecule has 152 valence electrons. The van der Waals surface area contributed by atoms with Crippen molar-refractivity contribution in [2.75, 3.05) is 19.5 Å². The Kier molecular flexibility index (Phi) is 6.43. The van der Waals surface area contributed by atoms with Crippen molar-refractivity contribution in [3.05, 3.63) is 48.0 Å². The second kappa shape index (κ2) is 9.00. The number of benzene rings is 2. The van der Waals surface area contributed by atoms with Gasteiger partial charge >= 0.3 is 0 Å². The Hall–Kier alpha value is -3.00. The van der Waals surface area contributed by atoms with E-state index in [2.05, 4.69) is 15.5 Å². The lowest BCUT2D eigenvalue weighted by Gasteiger charge is -2.14. The zero-order chi connectivity index (χ0) is 21.0. The summed E-state index contributed by atoms with van der Waals surface area (Å²) in [5, 5.41) is 11.8. The molecule has 0 aliphatic rings. The van der Waals surface area contributed by atoms with Crippen molar-refractivity contribution in [3.63, 3.8) is 0 Å². The molecule has 2 aromatic carbocycles. The molecular weight excluding hydrogens is 388 g/mol. The molecule has 0 saturated carbocycles. The number of carbonyl (C=O) groups is 1. The molecule has 1 N–H and O–H groups in total. The highest BCUT2D eigenvalue weighted by atomic mass is 32.2. The molecule has 0 aliphatic heterocycles. The van der Waals surface area contributed by atoms with Crippen LogP contribution >= 0.6 is 11.8 Å². The minimum atomic E-state index is -0.365. The molecule has 8 heteroatoms. The molecule has 1 atom stereocenters. The lowest BCUT2D eigenvalue weighted by atomic mass is 10.1. The van der Waals surface area contributed by atoms with Crippen LogP contribution in [0.3, 0.4) is 0 Å². The van der Waals surface area contributed by atoms with Crippen LogP contribution in [0.1, 0.15) is 12.5 Å². The van der Waals surface area contributed by atoms with E-state index < -0.39 is 0 Å². The lowest BCUT2D eigenvalue weighted by molar-refractivity contribution is -0.115. The number of aryl methyl sites for hydroxylation is 1. The zero-order valence-electron chi connectivity index (χ0n) is 17.1. The van der Waals surface area contributed by atoms with E-state index in [1.807, 2.05) is 49.7 Å². The maximum Gasteiger partial charge on any atom is 0.237 e. The van der Waals surface area contributed by atoms with Crippen LogP contribution in [0.4, 0.5) is 5.69 Å². The number of rotatable bonds is 7. The van der Waals surface area contributed by atoms with E-state index in [0.29, 0.717) is 22.3 Å². The second-order valence-corrected chi connectivity index (χ2v) is 7.81. The molecule has 1 amide bonds. The van der Waals surface area contributed by atoms with Crippen LogP contribution < -0.4 is 14.8 Å². The maximum atomic E-state index is 12.7. The number of hydrogen-bond acceptors (Lipinski definition) is 6. The van der Waals surface area contributed by atoms with Gasteiger partial charge in [-0.3, -0.25) is 4.79 Å². The third kappa shape index (κ3) is 4.54. The molecule has 7 nitrogen and oxygen atoms in total. The number of amides is 1. The van der Waals surface area contributed by atoms with Crippen LogP contribution in [0.25, 0.3) is 11.4 Å². The van der Waals surface area contributed by atoms with Crippen molar-refractivity contribution >= 4 is 23.4 Å². The second-order valence-electron chi connectivity index (χ2n) is 6.50. The molecule has 1 unspecified atom stereocenters. The minimum absolute atomic E-state index is 0.136. The van der Waals surface area contributed by atoms with E-state index >= 15 is 0 Å². The van der Waals surface area contributed by atoms with Gasteiger partial charge in [0.2, 0.25) is 5.91 Å². The fraction of sp³-hybridized carbons (Fsp3) is 0.286. The summed E-state index contributed by atoms with van der Waals surface area (Å²) in [6.07, 6.45) is 0. The minimum Gasteiger partial charge on any atom is -0.493 e. The van der Waals surface area contributed by atoms with Gasteiger partial charge in [0, 0.05) is 24.4 Å². The number of nitrogens with one attached hydrogen (secondary N) is 1. The Balaban J connectivity index is 1.71. The first-order valence-electron chi connectivity index (χ1n) is 9.09. The predicted molar refractivity (Wildman–Crippen MR) is 115 cm³/mol. The van der Waals surface area contributed by atoms with Crippen molar-refractivity contribution in [2.45, 2.75) is 24.3 Å². The maximum absolute atomic E-state index is 12.7. The van der Waals surface area contributed by atoms with E-state index in [4.69, 9.17) is 9.47 Å². The summed E-state index contributed by atoms with van der Waals surface area (Å²) in [5.41, 5.74) is 2.79. The molecule has 0 saturated heterocycles. The Morgan fingerprint density at radius 3 is 2.52 bits per heavy atom. The molecular formula is C21H24N4O3S. The van der Waals surface area contributed by atoms with Gasteiger partial charge in [-0.05, 0) is 31.5 Å². The Labute approximate surface area is 174 Å². The number of anilines is 1. The van der Waals surface area contributed by atoms with Crippen LogP contribution in [0.2, 0.25) is 0 Å². The summed E-state index contributed by atoms with van der Waals surface area (Å²) < 4.78 is 12.4. The molecule has 29 heavy (non-hydrogen) atoms. The number of hydrogen-bond donors (Lipinski definition) is 1. The smallest absolute Gasteiger partial charge is 0.237 e. The third-order valence-electron chi connectivity index (χ3n) is 4.52. The summed E-state index contributed by atoms with van der Waals surface area (Å²) in [5.74, 6) is 1.80. The van der Waals surface area contributed by atoms with E-state index in [-0.39, 0.29) is 11.2 Å². The van der Waals surface area contributed by atoms with E-state index in [1.165, 1.54) is 11.8 Å². The number of thioether (sulfide) groups is 1. The Morgan fingerprint density at radius 1 is 1.10 bits per heavy atom. The quantitative estimate of drug-likeness (QED) is 0.593. The van der Waals surface area contributed by atoms with Gasteiger partial charge in [-0.1, -0.05) is 36.0 Å². The highest BCUT2D eigenvalue weighted by Crippen LogP contribution is 2.31. The summed E-state index contributed by atoms with van der Waals surface area (Å²) in [6, 6.07) is 13.3. The lowest BCUT2D eigenvalue weighted by Crippen LogP contribution is -2.22. The first kappa shape index (κ1) is 20.7. The fourth-order valence-electron chi connectivity index (χ4n) is 2.85. The van der Waals surface area contributed by atoms with Gasteiger partial charge in [-0.25, -0.2) is 0 Å². The van der Waals surface area contributed by atoms with Gasteiger partial charge in [-0.15, -0.1) is 10.2 Å². The fourth-order valence-corrected chi connectivity index (χ4v) is 3.66. The van der Waals surface area contributed by atoms with E-state index in [1.54, 1.807) is 32.4 Å². The molecule has 1 heterocycles. The summed E-state index contributed by atoms with van der Waals surface area (Å²) in [6.45, 7) is 3.87. The molecule has 1 aromatic heterocycles. The first-order chi connectivity index (χ1) is 13.9. The third-order valence-corrected chi connectivity index (χ3v) is 5.66. The number of nitrogens with zero attached hydrogens (tertiary/aromatic N) is 3. The molecule has 3 rings (SSSR count).